The van der Waals surface area contributed by atoms with Gasteiger partial charge in [0, 0.05) is 25.0 Å². The smallest absolute Gasteiger partial charge is 0.462 e. The van der Waals surface area contributed by atoms with Crippen molar-refractivity contribution < 1.29 is 37.9 Å². The molecule has 0 aromatic heterocycles. The van der Waals surface area contributed by atoms with Gasteiger partial charge in [-0.05, 0) is 6.42 Å². The molecule has 0 radical (unpaired) electrons. The van der Waals surface area contributed by atoms with Crippen molar-refractivity contribution in [2.45, 2.75) is 38.2 Å². The summed E-state index contributed by atoms with van der Waals surface area (Å²) >= 11 is 0. The first-order valence-electron chi connectivity index (χ1n) is 7.02. The number of carbonyl (C=O) groups is 2. The highest BCUT2D eigenvalue weighted by Crippen LogP contribution is 2.45. The predicted molar refractivity (Wildman–Crippen MR) is 82.3 cm³/mol. The molecule has 0 aliphatic heterocycles. The Morgan fingerprint density at radius 3 is 1.78 bits per heavy atom. The molecule has 23 heavy (non-hydrogen) atoms. The standard InChI is InChI=1S/C14H23O8P/c1-4-7-14(22-23(17,18)19,8-10-20-12(15)5-2)9-11-21-13(16)6-3/h5-6H,2-4,7-11H2,1H3,(H2,17,18,19). The van der Waals surface area contributed by atoms with Crippen LogP contribution in [0.1, 0.15) is 32.6 Å². The van der Waals surface area contributed by atoms with Gasteiger partial charge < -0.3 is 19.3 Å². The average molecular weight is 350 g/mol. The predicted octanol–water partition coefficient (Wildman–Crippen LogP) is 1.87. The fourth-order valence-corrected chi connectivity index (χ4v) is 2.79. The first kappa shape index (κ1) is 21.5. The van der Waals surface area contributed by atoms with Gasteiger partial charge >= 0.3 is 19.8 Å². The van der Waals surface area contributed by atoms with Crippen molar-refractivity contribution >= 4 is 19.8 Å². The summed E-state index contributed by atoms with van der Waals surface area (Å²) in [5, 5.41) is 0. The maximum atomic E-state index is 11.3. The molecular formula is C14H23O8P. The van der Waals surface area contributed by atoms with Crippen LogP contribution in [0.25, 0.3) is 0 Å². The van der Waals surface area contributed by atoms with E-state index in [1.165, 1.54) is 0 Å². The van der Waals surface area contributed by atoms with Gasteiger partial charge in [0.15, 0.2) is 0 Å². The molecule has 0 saturated heterocycles. The second-order valence-electron chi connectivity index (χ2n) is 4.76. The number of hydrogen-bond donors (Lipinski definition) is 2. The molecule has 0 saturated carbocycles. The van der Waals surface area contributed by atoms with Crippen LogP contribution in [0.2, 0.25) is 0 Å². The minimum Gasteiger partial charge on any atom is -0.462 e. The van der Waals surface area contributed by atoms with E-state index in [9.17, 15) is 14.2 Å². The fraction of sp³-hybridized carbons (Fsp3) is 0.571. The van der Waals surface area contributed by atoms with Crippen molar-refractivity contribution in [2.24, 2.45) is 0 Å². The molecule has 0 amide bonds. The Balaban J connectivity index is 4.97. The first-order chi connectivity index (χ1) is 10.7. The minimum absolute atomic E-state index is 0.0389. The molecular weight excluding hydrogens is 327 g/mol. The van der Waals surface area contributed by atoms with Crippen molar-refractivity contribution in [1.29, 1.82) is 0 Å². The highest BCUT2D eigenvalue weighted by Gasteiger charge is 2.37. The molecule has 0 spiro atoms. The van der Waals surface area contributed by atoms with Crippen molar-refractivity contribution in [3.63, 3.8) is 0 Å². The molecule has 0 aromatic rings. The number of hydrogen-bond acceptors (Lipinski definition) is 6. The normalized spacial score (nSPS) is 11.6. The fourth-order valence-electron chi connectivity index (χ4n) is 2.01. The van der Waals surface area contributed by atoms with Crippen LogP contribution in [0, 0.1) is 0 Å². The quantitative estimate of drug-likeness (QED) is 0.311. The first-order valence-corrected chi connectivity index (χ1v) is 8.56. The summed E-state index contributed by atoms with van der Waals surface area (Å²) in [5.41, 5.74) is -1.28. The van der Waals surface area contributed by atoms with Gasteiger partial charge in [-0.25, -0.2) is 14.2 Å². The zero-order chi connectivity index (χ0) is 17.9. The third-order valence-corrected chi connectivity index (χ3v) is 3.58. The summed E-state index contributed by atoms with van der Waals surface area (Å²) in [6.45, 7) is 8.09. The second kappa shape index (κ2) is 10.3. The highest BCUT2D eigenvalue weighted by atomic mass is 31.2. The van der Waals surface area contributed by atoms with Crippen LogP contribution in [-0.2, 0) is 28.2 Å². The third kappa shape index (κ3) is 10.0. The Hall–Kier alpha value is -1.47. The van der Waals surface area contributed by atoms with Crippen LogP contribution in [0.3, 0.4) is 0 Å². The molecule has 0 aliphatic rings. The molecule has 2 N–H and O–H groups in total. The van der Waals surface area contributed by atoms with Crippen LogP contribution in [0.4, 0.5) is 0 Å². The maximum Gasteiger partial charge on any atom is 0.470 e. The zero-order valence-corrected chi connectivity index (χ0v) is 14.0. The molecule has 0 aliphatic carbocycles. The highest BCUT2D eigenvalue weighted by molar-refractivity contribution is 7.46. The van der Waals surface area contributed by atoms with Gasteiger partial charge in [-0.3, -0.25) is 4.52 Å². The minimum atomic E-state index is -4.78. The summed E-state index contributed by atoms with van der Waals surface area (Å²) in [7, 11) is -4.78. The summed E-state index contributed by atoms with van der Waals surface area (Å²) in [4.78, 5) is 40.4. The van der Waals surface area contributed by atoms with Gasteiger partial charge in [0.25, 0.3) is 0 Å². The lowest BCUT2D eigenvalue weighted by Gasteiger charge is -2.33. The molecule has 9 heteroatoms. The second-order valence-corrected chi connectivity index (χ2v) is 5.92. The van der Waals surface area contributed by atoms with E-state index in [2.05, 4.69) is 13.2 Å². The van der Waals surface area contributed by atoms with Gasteiger partial charge in [-0.15, -0.1) is 0 Å². The molecule has 0 heterocycles. The maximum absolute atomic E-state index is 11.3. The number of esters is 2. The number of carbonyl (C=O) groups excluding carboxylic acids is 2. The van der Waals surface area contributed by atoms with E-state index in [4.69, 9.17) is 23.8 Å². The summed E-state index contributed by atoms with van der Waals surface area (Å²) in [6.07, 6.45) is 2.89. The number of phosphoric acid groups is 1. The van der Waals surface area contributed by atoms with Crippen molar-refractivity contribution in [2.75, 3.05) is 13.2 Å². The van der Waals surface area contributed by atoms with Gasteiger partial charge in [0.2, 0.25) is 0 Å². The monoisotopic (exact) mass is 350 g/mol. The van der Waals surface area contributed by atoms with Crippen LogP contribution >= 0.6 is 7.82 Å². The van der Waals surface area contributed by atoms with Crippen LogP contribution < -0.4 is 0 Å². The number of phosphoric ester groups is 1. The summed E-state index contributed by atoms with van der Waals surface area (Å²) in [6, 6.07) is 0. The van der Waals surface area contributed by atoms with Gasteiger partial charge in [0.05, 0.1) is 18.8 Å². The summed E-state index contributed by atoms with van der Waals surface area (Å²) < 4.78 is 25.9. The lowest BCUT2D eigenvalue weighted by Crippen LogP contribution is -2.35. The van der Waals surface area contributed by atoms with Gasteiger partial charge in [-0.2, -0.15) is 0 Å². The van der Waals surface area contributed by atoms with Crippen molar-refractivity contribution in [1.82, 2.24) is 0 Å². The largest absolute Gasteiger partial charge is 0.470 e. The zero-order valence-electron chi connectivity index (χ0n) is 13.1. The van der Waals surface area contributed by atoms with Gasteiger partial charge in [-0.1, -0.05) is 26.5 Å². The van der Waals surface area contributed by atoms with E-state index in [-0.39, 0.29) is 32.5 Å². The molecule has 0 unspecified atom stereocenters. The molecule has 0 bridgehead atoms. The lowest BCUT2D eigenvalue weighted by atomic mass is 9.91. The van der Waals surface area contributed by atoms with Crippen LogP contribution in [0.15, 0.2) is 25.3 Å². The Bertz CT molecular complexity index is 441. The van der Waals surface area contributed by atoms with Crippen LogP contribution in [-0.4, -0.2) is 40.5 Å². The molecule has 8 nitrogen and oxygen atoms in total. The Labute approximate surface area is 135 Å². The lowest BCUT2D eigenvalue weighted by molar-refractivity contribution is -0.140. The van der Waals surface area contributed by atoms with E-state index in [0.717, 1.165) is 12.2 Å². The molecule has 0 fully saturated rings. The molecule has 0 rings (SSSR count). The molecule has 132 valence electrons. The molecule has 0 atom stereocenters. The van der Waals surface area contributed by atoms with E-state index < -0.39 is 25.4 Å². The van der Waals surface area contributed by atoms with E-state index in [0.29, 0.717) is 6.42 Å². The van der Waals surface area contributed by atoms with Crippen molar-refractivity contribution in [3.8, 4) is 0 Å². The van der Waals surface area contributed by atoms with E-state index in [1.807, 2.05) is 6.92 Å². The Morgan fingerprint density at radius 1 is 1.04 bits per heavy atom. The van der Waals surface area contributed by atoms with Gasteiger partial charge in [0.1, 0.15) is 0 Å². The van der Waals surface area contributed by atoms with Crippen molar-refractivity contribution in [3.05, 3.63) is 25.3 Å². The molecule has 0 aromatic carbocycles. The van der Waals surface area contributed by atoms with Crippen LogP contribution in [0.5, 0.6) is 0 Å². The number of ether oxygens (including phenoxy) is 2. The SMILES string of the molecule is C=CC(=O)OCCC(CCC)(CCOC(=O)C=C)OP(=O)(O)O. The third-order valence-electron chi connectivity index (χ3n) is 2.96. The Morgan fingerprint density at radius 2 is 1.48 bits per heavy atom. The van der Waals surface area contributed by atoms with E-state index >= 15 is 0 Å². The Kier molecular flexibility index (Phi) is 9.67. The summed E-state index contributed by atoms with van der Waals surface area (Å²) in [5.74, 6) is -1.30. The van der Waals surface area contributed by atoms with E-state index in [1.54, 1.807) is 0 Å². The topological polar surface area (TPSA) is 119 Å². The number of rotatable bonds is 12. The average Bonchev–Trinajstić information content (AvgIpc) is 2.45.